The summed E-state index contributed by atoms with van der Waals surface area (Å²) in [6.07, 6.45) is 0. The quantitative estimate of drug-likeness (QED) is 0.426. The fraction of sp³-hybridized carbons (Fsp3) is 0. The van der Waals surface area contributed by atoms with Gasteiger partial charge < -0.3 is 11.0 Å². The molecule has 0 radical (unpaired) electrons. The Kier molecular flexibility index (Phi) is 816. The summed E-state index contributed by atoms with van der Waals surface area (Å²) in [6, 6.07) is 0. The van der Waals surface area contributed by atoms with Crippen LogP contribution in [0.15, 0.2) is 0 Å². The fourth-order valence-corrected chi connectivity index (χ4v) is 0. The molecule has 0 amide bonds. The van der Waals surface area contributed by atoms with Crippen molar-refractivity contribution >= 4 is 28.3 Å². The van der Waals surface area contributed by atoms with Crippen molar-refractivity contribution in [1.82, 2.24) is 0 Å². The van der Waals surface area contributed by atoms with E-state index < -0.39 is 0 Å². The first-order valence-electron chi connectivity index (χ1n) is 0. The van der Waals surface area contributed by atoms with Crippen LogP contribution in [-0.2, 0) is 36.8 Å². The SMILES string of the molecule is [AlH3].[Hf+4].[O-2].[O-2].[SiH4]. The third kappa shape index (κ3) is 29.3. The van der Waals surface area contributed by atoms with Crippen LogP contribution in [-0.4, -0.2) is 28.3 Å². The Hall–Kier alpha value is 1.54. The molecule has 2 nitrogen and oxygen atoms in total. The van der Waals surface area contributed by atoms with Gasteiger partial charge in [0.1, 0.15) is 0 Å². The molecule has 5 heavy (non-hydrogen) atoms. The second-order valence-electron chi connectivity index (χ2n) is 0. The summed E-state index contributed by atoms with van der Waals surface area (Å²) >= 11 is 0. The van der Waals surface area contributed by atoms with Crippen LogP contribution in [0.3, 0.4) is 0 Å². The van der Waals surface area contributed by atoms with Crippen LogP contribution in [0.5, 0.6) is 0 Å². The van der Waals surface area contributed by atoms with Gasteiger partial charge in [0, 0.05) is 0 Å². The zero-order valence-electron chi connectivity index (χ0n) is 1.32. The molecule has 0 fully saturated rings. The minimum atomic E-state index is 0. The summed E-state index contributed by atoms with van der Waals surface area (Å²) in [6.45, 7) is 0. The summed E-state index contributed by atoms with van der Waals surface area (Å²) in [4.78, 5) is 0. The zero-order valence-corrected chi connectivity index (χ0v) is 4.91. The van der Waals surface area contributed by atoms with Crippen LogP contribution in [0, 0.1) is 0 Å². The summed E-state index contributed by atoms with van der Waals surface area (Å²) < 4.78 is 0. The maximum atomic E-state index is 0. The normalized spacial score (nSPS) is 0. The molecule has 0 aliphatic rings. The fourth-order valence-electron chi connectivity index (χ4n) is 0. The maximum absolute atomic E-state index is 0. The molecule has 0 aliphatic heterocycles. The molecule has 0 aromatic rings. The second kappa shape index (κ2) is 48.2. The van der Waals surface area contributed by atoms with E-state index in [-0.39, 0.29) is 65.1 Å². The Bertz CT molecular complexity index is 9.61. The molecule has 0 N–H and O–H groups in total. The van der Waals surface area contributed by atoms with Crippen LogP contribution < -0.4 is 0 Å². The van der Waals surface area contributed by atoms with E-state index in [2.05, 4.69) is 0 Å². The molecular formula is H7AlHfO2Si. The van der Waals surface area contributed by atoms with E-state index in [1.54, 1.807) is 0 Å². The van der Waals surface area contributed by atoms with E-state index in [0.29, 0.717) is 0 Å². The predicted molar refractivity (Wildman–Crippen MR) is 22.6 cm³/mol. The Morgan fingerprint density at radius 2 is 0.800 bits per heavy atom. The van der Waals surface area contributed by atoms with Crippen molar-refractivity contribution in [2.24, 2.45) is 0 Å². The van der Waals surface area contributed by atoms with E-state index >= 15 is 0 Å². The monoisotopic (exact) mass is 274 g/mol. The Morgan fingerprint density at radius 3 is 0.800 bits per heavy atom. The van der Waals surface area contributed by atoms with E-state index in [1.807, 2.05) is 0 Å². The van der Waals surface area contributed by atoms with Crippen LogP contribution in [0.4, 0.5) is 0 Å². The van der Waals surface area contributed by atoms with E-state index in [1.165, 1.54) is 0 Å². The number of hydrogen-bond acceptors (Lipinski definition) is 0. The molecule has 0 heterocycles. The summed E-state index contributed by atoms with van der Waals surface area (Å²) in [5.41, 5.74) is 0. The first-order chi connectivity index (χ1) is 0. The van der Waals surface area contributed by atoms with Gasteiger partial charge in [0.15, 0.2) is 17.4 Å². The third-order valence-corrected chi connectivity index (χ3v) is 0. The number of rotatable bonds is 0. The van der Waals surface area contributed by atoms with Gasteiger partial charge in [-0.1, -0.05) is 0 Å². The summed E-state index contributed by atoms with van der Waals surface area (Å²) in [5, 5.41) is 0. The van der Waals surface area contributed by atoms with E-state index in [4.69, 9.17) is 0 Å². The van der Waals surface area contributed by atoms with Crippen molar-refractivity contribution in [2.75, 3.05) is 0 Å². The largest absolute Gasteiger partial charge is 4.00 e. The summed E-state index contributed by atoms with van der Waals surface area (Å²) in [5.74, 6) is 0. The molecule has 5 heteroatoms. The molecule has 0 saturated heterocycles. The topological polar surface area (TPSA) is 57.0 Å². The Balaban J connectivity index is 0. The number of hydrogen-bond donors (Lipinski definition) is 0. The molecule has 0 rings (SSSR count). The van der Waals surface area contributed by atoms with Crippen LogP contribution in [0.25, 0.3) is 0 Å². The van der Waals surface area contributed by atoms with Crippen molar-refractivity contribution in [3.8, 4) is 0 Å². The van der Waals surface area contributed by atoms with Crippen LogP contribution in [0.2, 0.25) is 0 Å². The van der Waals surface area contributed by atoms with Gasteiger partial charge in [0.05, 0.1) is 0 Å². The third-order valence-electron chi connectivity index (χ3n) is 0. The van der Waals surface area contributed by atoms with Crippen LogP contribution >= 0.6 is 0 Å². The standard InChI is InChI=1S/Al.Hf.2O.H4Si.3H/h;;;;1H4;;;/q;+4;2*-2;;;;. The van der Waals surface area contributed by atoms with Gasteiger partial charge in [-0.3, -0.25) is 0 Å². The van der Waals surface area contributed by atoms with Crippen LogP contribution in [0.1, 0.15) is 0 Å². The molecule has 0 atom stereocenters. The average molecular weight is 273 g/mol. The maximum Gasteiger partial charge on any atom is 4.00 e. The van der Waals surface area contributed by atoms with Crippen molar-refractivity contribution in [2.45, 2.75) is 0 Å². The molecular weight excluding hydrogens is 266 g/mol. The van der Waals surface area contributed by atoms with Gasteiger partial charge >= 0.3 is 25.8 Å². The smallest absolute Gasteiger partial charge is 2.00 e. The summed E-state index contributed by atoms with van der Waals surface area (Å²) in [7, 11) is 0. The molecule has 0 unspecified atom stereocenters. The molecule has 0 aromatic heterocycles. The Labute approximate surface area is 64.9 Å². The zero-order chi connectivity index (χ0) is 0. The molecule has 30 valence electrons. The first-order valence-corrected chi connectivity index (χ1v) is 0. The van der Waals surface area contributed by atoms with E-state index in [0.717, 1.165) is 0 Å². The van der Waals surface area contributed by atoms with Crippen molar-refractivity contribution in [3.05, 3.63) is 0 Å². The Morgan fingerprint density at radius 1 is 0.800 bits per heavy atom. The van der Waals surface area contributed by atoms with Crippen molar-refractivity contribution < 1.29 is 36.8 Å². The van der Waals surface area contributed by atoms with Crippen molar-refractivity contribution in [1.29, 1.82) is 0 Å². The predicted octanol–water partition coefficient (Wildman–Crippen LogP) is -2.88. The first kappa shape index (κ1) is 84.7. The minimum Gasteiger partial charge on any atom is -2.00 e. The van der Waals surface area contributed by atoms with E-state index in [9.17, 15) is 0 Å². The van der Waals surface area contributed by atoms with Gasteiger partial charge in [0.25, 0.3) is 0 Å². The van der Waals surface area contributed by atoms with Gasteiger partial charge in [-0.25, -0.2) is 0 Å². The second-order valence-corrected chi connectivity index (χ2v) is 0. The molecule has 0 bridgehead atoms. The van der Waals surface area contributed by atoms with Crippen molar-refractivity contribution in [3.63, 3.8) is 0 Å². The molecule has 0 spiro atoms. The van der Waals surface area contributed by atoms with Gasteiger partial charge in [-0.15, -0.1) is 0 Å². The van der Waals surface area contributed by atoms with Gasteiger partial charge in [-0.05, 0) is 11.0 Å². The molecule has 0 aromatic carbocycles. The van der Waals surface area contributed by atoms with Gasteiger partial charge in [-0.2, -0.15) is 0 Å². The minimum absolute atomic E-state index is 0. The van der Waals surface area contributed by atoms with Gasteiger partial charge in [0.2, 0.25) is 0 Å². The average Bonchev–Trinajstić information content (AvgIpc) is 0. The molecule has 0 saturated carbocycles. The molecule has 0 aliphatic carbocycles.